The molecule has 2 aromatic rings. The fourth-order valence-electron chi connectivity index (χ4n) is 1.37. The molecule has 0 radical (unpaired) electrons. The molecule has 88 valence electrons. The van der Waals surface area contributed by atoms with Crippen LogP contribution < -0.4 is 10.1 Å². The van der Waals surface area contributed by atoms with Crippen LogP contribution in [0.25, 0.3) is 0 Å². The van der Waals surface area contributed by atoms with Crippen LogP contribution in [0.3, 0.4) is 0 Å². The molecule has 5 heteroatoms. The van der Waals surface area contributed by atoms with Gasteiger partial charge in [0.25, 0.3) is 5.91 Å². The van der Waals surface area contributed by atoms with Crippen LogP contribution in [-0.4, -0.2) is 17.4 Å². The predicted octanol–water partition coefficient (Wildman–Crippen LogP) is 2.71. The molecule has 17 heavy (non-hydrogen) atoms. The van der Waals surface area contributed by atoms with E-state index in [1.807, 2.05) is 19.1 Å². The Morgan fingerprint density at radius 1 is 1.41 bits per heavy atom. The van der Waals surface area contributed by atoms with Gasteiger partial charge in [-0.05, 0) is 36.7 Å². The van der Waals surface area contributed by atoms with E-state index in [1.165, 1.54) is 11.5 Å². The molecule has 2 rings (SSSR count). The first-order chi connectivity index (χ1) is 8.19. The summed E-state index contributed by atoms with van der Waals surface area (Å²) in [5.41, 5.74) is 1.13. The van der Waals surface area contributed by atoms with E-state index in [0.29, 0.717) is 17.1 Å². The SMILES string of the molecule is COc1cccc(NC(=O)c2cc(C)sn2)c1. The van der Waals surface area contributed by atoms with Crippen molar-refractivity contribution in [1.82, 2.24) is 4.37 Å². The second-order valence-corrected chi connectivity index (χ2v) is 4.52. The number of hydrogen-bond acceptors (Lipinski definition) is 4. The molecule has 0 fully saturated rings. The number of amides is 1. The molecule has 0 unspecified atom stereocenters. The summed E-state index contributed by atoms with van der Waals surface area (Å²) in [4.78, 5) is 12.8. The molecule has 0 aliphatic heterocycles. The lowest BCUT2D eigenvalue weighted by Gasteiger charge is -2.05. The first-order valence-electron chi connectivity index (χ1n) is 5.08. The fraction of sp³-hybridized carbons (Fsp3) is 0.167. The van der Waals surface area contributed by atoms with Gasteiger partial charge in [0.1, 0.15) is 11.4 Å². The van der Waals surface area contributed by atoms with Gasteiger partial charge in [0.2, 0.25) is 0 Å². The molecule has 4 nitrogen and oxygen atoms in total. The van der Waals surface area contributed by atoms with E-state index in [4.69, 9.17) is 4.74 Å². The quantitative estimate of drug-likeness (QED) is 0.908. The van der Waals surface area contributed by atoms with E-state index in [-0.39, 0.29) is 5.91 Å². The van der Waals surface area contributed by atoms with Crippen LogP contribution in [0.15, 0.2) is 30.3 Å². The molecule has 1 aromatic carbocycles. The topological polar surface area (TPSA) is 51.2 Å². The Labute approximate surface area is 103 Å². The van der Waals surface area contributed by atoms with Gasteiger partial charge < -0.3 is 10.1 Å². The first kappa shape index (κ1) is 11.6. The van der Waals surface area contributed by atoms with E-state index >= 15 is 0 Å². The van der Waals surface area contributed by atoms with Crippen LogP contribution in [0.4, 0.5) is 5.69 Å². The Balaban J connectivity index is 2.12. The lowest BCUT2D eigenvalue weighted by atomic mass is 10.3. The Kier molecular flexibility index (Phi) is 3.39. The lowest BCUT2D eigenvalue weighted by Crippen LogP contribution is -2.11. The standard InChI is InChI=1S/C12H12N2O2S/c1-8-6-11(14-17-8)12(15)13-9-4-3-5-10(7-9)16-2/h3-7H,1-2H3,(H,13,15). The van der Waals surface area contributed by atoms with Crippen LogP contribution >= 0.6 is 11.5 Å². The van der Waals surface area contributed by atoms with Crippen molar-refractivity contribution in [2.75, 3.05) is 12.4 Å². The molecular weight excluding hydrogens is 236 g/mol. The Morgan fingerprint density at radius 3 is 2.88 bits per heavy atom. The number of methoxy groups -OCH3 is 1. The monoisotopic (exact) mass is 248 g/mol. The number of benzene rings is 1. The molecule has 0 bridgehead atoms. The zero-order valence-electron chi connectivity index (χ0n) is 9.56. The summed E-state index contributed by atoms with van der Waals surface area (Å²) >= 11 is 1.32. The number of carbonyl (C=O) groups excluding carboxylic acids is 1. The number of anilines is 1. The lowest BCUT2D eigenvalue weighted by molar-refractivity contribution is 0.102. The second-order valence-electron chi connectivity index (χ2n) is 3.51. The Morgan fingerprint density at radius 2 is 2.24 bits per heavy atom. The minimum Gasteiger partial charge on any atom is -0.497 e. The number of nitrogens with one attached hydrogen (secondary N) is 1. The highest BCUT2D eigenvalue weighted by molar-refractivity contribution is 7.05. The molecule has 0 aliphatic rings. The fourth-order valence-corrected chi connectivity index (χ4v) is 1.91. The van der Waals surface area contributed by atoms with Gasteiger partial charge in [-0.25, -0.2) is 0 Å². The number of aryl methyl sites for hydroxylation is 1. The number of hydrogen-bond donors (Lipinski definition) is 1. The van der Waals surface area contributed by atoms with Gasteiger partial charge in [0, 0.05) is 16.6 Å². The van der Waals surface area contributed by atoms with Gasteiger partial charge in [0.15, 0.2) is 0 Å². The number of carbonyl (C=O) groups is 1. The maximum absolute atomic E-state index is 11.8. The highest BCUT2D eigenvalue weighted by Gasteiger charge is 2.09. The van der Waals surface area contributed by atoms with Crippen LogP contribution in [0, 0.1) is 6.92 Å². The van der Waals surface area contributed by atoms with Crippen LogP contribution in [0.2, 0.25) is 0 Å². The van der Waals surface area contributed by atoms with E-state index < -0.39 is 0 Å². The van der Waals surface area contributed by atoms with E-state index in [9.17, 15) is 4.79 Å². The second kappa shape index (κ2) is 4.97. The molecule has 1 N–H and O–H groups in total. The average molecular weight is 248 g/mol. The van der Waals surface area contributed by atoms with Crippen molar-refractivity contribution in [2.24, 2.45) is 0 Å². The van der Waals surface area contributed by atoms with Crippen molar-refractivity contribution in [2.45, 2.75) is 6.92 Å². The summed E-state index contributed by atoms with van der Waals surface area (Å²) in [6.07, 6.45) is 0. The van der Waals surface area contributed by atoms with Gasteiger partial charge in [-0.15, -0.1) is 0 Å². The third kappa shape index (κ3) is 2.82. The Bertz CT molecular complexity index is 537. The normalized spacial score (nSPS) is 10.0. The maximum Gasteiger partial charge on any atom is 0.275 e. The highest BCUT2D eigenvalue weighted by atomic mass is 32.1. The van der Waals surface area contributed by atoms with E-state index in [0.717, 1.165) is 4.88 Å². The van der Waals surface area contributed by atoms with Gasteiger partial charge in [0.05, 0.1) is 7.11 Å². The van der Waals surface area contributed by atoms with Crippen LogP contribution in [0.5, 0.6) is 5.75 Å². The van der Waals surface area contributed by atoms with Crippen molar-refractivity contribution in [3.8, 4) is 5.75 Å². The molecule has 0 atom stereocenters. The summed E-state index contributed by atoms with van der Waals surface area (Å²) in [5, 5.41) is 2.77. The van der Waals surface area contributed by atoms with Crippen molar-refractivity contribution < 1.29 is 9.53 Å². The molecule has 1 amide bonds. The smallest absolute Gasteiger partial charge is 0.275 e. The molecule has 0 spiro atoms. The minimum atomic E-state index is -0.206. The third-order valence-corrected chi connectivity index (χ3v) is 2.88. The van der Waals surface area contributed by atoms with Crippen molar-refractivity contribution in [3.05, 3.63) is 40.9 Å². The van der Waals surface area contributed by atoms with E-state index in [2.05, 4.69) is 9.69 Å². The summed E-state index contributed by atoms with van der Waals surface area (Å²) in [6.45, 7) is 1.92. The molecule has 1 aromatic heterocycles. The first-order valence-corrected chi connectivity index (χ1v) is 5.85. The molecule has 0 saturated carbocycles. The number of aromatic nitrogens is 1. The minimum absolute atomic E-state index is 0.206. The maximum atomic E-state index is 11.8. The highest BCUT2D eigenvalue weighted by Crippen LogP contribution is 2.17. The van der Waals surface area contributed by atoms with Crippen molar-refractivity contribution >= 4 is 23.1 Å². The zero-order valence-corrected chi connectivity index (χ0v) is 10.4. The summed E-state index contributed by atoms with van der Waals surface area (Å²) < 4.78 is 9.13. The van der Waals surface area contributed by atoms with Gasteiger partial charge in [-0.1, -0.05) is 6.07 Å². The summed E-state index contributed by atoms with van der Waals surface area (Å²) in [5.74, 6) is 0.500. The zero-order chi connectivity index (χ0) is 12.3. The van der Waals surface area contributed by atoms with Gasteiger partial charge in [-0.2, -0.15) is 4.37 Å². The summed E-state index contributed by atoms with van der Waals surface area (Å²) in [7, 11) is 1.59. The number of rotatable bonds is 3. The van der Waals surface area contributed by atoms with Crippen molar-refractivity contribution in [3.63, 3.8) is 0 Å². The van der Waals surface area contributed by atoms with Gasteiger partial charge in [-0.3, -0.25) is 4.79 Å². The van der Waals surface area contributed by atoms with Crippen molar-refractivity contribution in [1.29, 1.82) is 0 Å². The van der Waals surface area contributed by atoms with E-state index in [1.54, 1.807) is 25.3 Å². The summed E-state index contributed by atoms with van der Waals surface area (Å²) in [6, 6.07) is 8.97. The van der Waals surface area contributed by atoms with Gasteiger partial charge >= 0.3 is 0 Å². The molecular formula is C12H12N2O2S. The predicted molar refractivity (Wildman–Crippen MR) is 67.8 cm³/mol. The molecule has 1 heterocycles. The molecule has 0 saturated heterocycles. The van der Waals surface area contributed by atoms with Crippen LogP contribution in [-0.2, 0) is 0 Å². The average Bonchev–Trinajstić information content (AvgIpc) is 2.76. The largest absolute Gasteiger partial charge is 0.497 e. The third-order valence-electron chi connectivity index (χ3n) is 2.19. The Hall–Kier alpha value is -1.88. The number of ether oxygens (including phenoxy) is 1. The number of nitrogens with zero attached hydrogens (tertiary/aromatic N) is 1. The molecule has 0 aliphatic carbocycles. The van der Waals surface area contributed by atoms with Crippen LogP contribution in [0.1, 0.15) is 15.4 Å².